The molecule has 0 saturated carbocycles. The summed E-state index contributed by atoms with van der Waals surface area (Å²) in [6, 6.07) is 8.15. The van der Waals surface area contributed by atoms with E-state index in [4.69, 9.17) is 4.74 Å². The van der Waals surface area contributed by atoms with Crippen molar-refractivity contribution in [3.8, 4) is 0 Å². The average Bonchev–Trinajstić information content (AvgIpc) is 3.90. The quantitative estimate of drug-likeness (QED) is 0.188. The molecule has 0 radical (unpaired) electrons. The molecule has 11 unspecified atom stereocenters. The summed E-state index contributed by atoms with van der Waals surface area (Å²) in [5.41, 5.74) is -0.550. The van der Waals surface area contributed by atoms with Crippen molar-refractivity contribution in [3.05, 3.63) is 71.8 Å². The van der Waals surface area contributed by atoms with Crippen LogP contribution in [0.3, 0.4) is 0 Å². The fourth-order valence-corrected chi connectivity index (χ4v) is 11.0. The molecule has 19 heteroatoms. The molecule has 2 saturated heterocycles. The molecular weight excluding hydrogens is 1020 g/mol. The second kappa shape index (κ2) is 29.4. The van der Waals surface area contributed by atoms with E-state index in [-0.39, 0.29) is 50.5 Å². The third-order valence-electron chi connectivity index (χ3n) is 16.0. The summed E-state index contributed by atoms with van der Waals surface area (Å²) in [5.74, 6) is -8.22. The molecule has 0 aromatic heterocycles. The summed E-state index contributed by atoms with van der Waals surface area (Å²) in [6.45, 7) is 21.0. The molecule has 2 fully saturated rings. The van der Waals surface area contributed by atoms with E-state index in [1.54, 1.807) is 39.8 Å². The molecule has 2 aliphatic rings. The number of ether oxygens (including phenoxy) is 1. The number of rotatable bonds is 14. The first-order chi connectivity index (χ1) is 37.5. The van der Waals surface area contributed by atoms with Gasteiger partial charge in [0.15, 0.2) is 12.1 Å². The SMILES string of the molecule is CCC(C)C1NC(=O)C2CCCN2C(=O)C(Cc2ccccc2)N(C)C(=O)C(Cc2ccccc2)NC(=O)C(C(C)C)N(C)C(=O)C(C(C)CC)OC(=O)C(C(C)(C)O)N(C)C(=O)C(CC(C)C)NC(=O)C(CC(C)C)N(C)C1=O. The van der Waals surface area contributed by atoms with Gasteiger partial charge in [-0.1, -0.05) is 136 Å². The number of amides is 8. The third kappa shape index (κ3) is 16.8. The van der Waals surface area contributed by atoms with Gasteiger partial charge < -0.3 is 50.3 Å². The topological polar surface area (TPSA) is 235 Å². The highest BCUT2D eigenvalue weighted by Gasteiger charge is 2.48. The highest BCUT2D eigenvalue weighted by molar-refractivity contribution is 5.99. The minimum atomic E-state index is -1.97. The molecule has 2 heterocycles. The summed E-state index contributed by atoms with van der Waals surface area (Å²) in [4.78, 5) is 141. The van der Waals surface area contributed by atoms with Crippen molar-refractivity contribution < 1.29 is 53.0 Å². The minimum absolute atomic E-state index is 0.00640. The van der Waals surface area contributed by atoms with Crippen molar-refractivity contribution in [2.45, 2.75) is 194 Å². The van der Waals surface area contributed by atoms with Crippen LogP contribution < -0.4 is 16.0 Å². The van der Waals surface area contributed by atoms with E-state index in [2.05, 4.69) is 16.0 Å². The molecule has 4 rings (SSSR count). The Labute approximate surface area is 475 Å². The van der Waals surface area contributed by atoms with Gasteiger partial charge in [-0.25, -0.2) is 4.79 Å². The van der Waals surface area contributed by atoms with Gasteiger partial charge in [-0.2, -0.15) is 0 Å². The minimum Gasteiger partial charge on any atom is -0.450 e. The average molecular weight is 1120 g/mol. The monoisotopic (exact) mass is 1110 g/mol. The maximum Gasteiger partial charge on any atom is 0.332 e. The van der Waals surface area contributed by atoms with Gasteiger partial charge in [-0.05, 0) is 80.8 Å². The Hall–Kier alpha value is -6.37. The van der Waals surface area contributed by atoms with Crippen LogP contribution in [0.2, 0.25) is 0 Å². The van der Waals surface area contributed by atoms with Crippen LogP contribution in [0.5, 0.6) is 0 Å². The predicted octanol–water partition coefficient (Wildman–Crippen LogP) is 4.76. The van der Waals surface area contributed by atoms with E-state index in [0.717, 1.165) is 10.5 Å². The van der Waals surface area contributed by atoms with Crippen LogP contribution in [-0.2, 0) is 60.7 Å². The zero-order chi connectivity index (χ0) is 60.1. The Bertz CT molecular complexity index is 2450. The van der Waals surface area contributed by atoms with E-state index in [1.807, 2.05) is 90.1 Å². The number of esters is 1. The van der Waals surface area contributed by atoms with Gasteiger partial charge in [0.25, 0.3) is 5.91 Å². The zero-order valence-corrected chi connectivity index (χ0v) is 50.5. The summed E-state index contributed by atoms with van der Waals surface area (Å²) in [7, 11) is 5.70. The van der Waals surface area contributed by atoms with E-state index < -0.39 is 131 Å². The summed E-state index contributed by atoms with van der Waals surface area (Å²) >= 11 is 0. The highest BCUT2D eigenvalue weighted by Crippen LogP contribution is 2.27. The Kier molecular flexibility index (Phi) is 24.3. The molecule has 80 heavy (non-hydrogen) atoms. The lowest BCUT2D eigenvalue weighted by Crippen LogP contribution is -2.62. The van der Waals surface area contributed by atoms with Crippen molar-refractivity contribution in [1.82, 2.24) is 40.4 Å². The largest absolute Gasteiger partial charge is 0.450 e. The van der Waals surface area contributed by atoms with E-state index >= 15 is 9.59 Å². The maximum atomic E-state index is 15.3. The Morgan fingerprint density at radius 2 is 1.09 bits per heavy atom. The highest BCUT2D eigenvalue weighted by atomic mass is 16.6. The van der Waals surface area contributed by atoms with Gasteiger partial charge in [0.05, 0.1) is 5.60 Å². The lowest BCUT2D eigenvalue weighted by Gasteiger charge is -2.39. The van der Waals surface area contributed by atoms with Gasteiger partial charge in [0, 0.05) is 53.5 Å². The van der Waals surface area contributed by atoms with E-state index in [0.29, 0.717) is 24.8 Å². The molecule has 2 aromatic carbocycles. The van der Waals surface area contributed by atoms with E-state index in [1.165, 1.54) is 61.6 Å². The Morgan fingerprint density at radius 1 is 0.575 bits per heavy atom. The first-order valence-corrected chi connectivity index (χ1v) is 28.8. The number of aliphatic hydroxyl groups is 1. The number of hydrogen-bond acceptors (Lipinski definition) is 11. The molecule has 11 atom stereocenters. The van der Waals surface area contributed by atoms with Crippen LogP contribution >= 0.6 is 0 Å². The molecule has 4 N–H and O–H groups in total. The lowest BCUT2D eigenvalue weighted by atomic mass is 9.93. The fraction of sp³-hybridized carbons (Fsp3) is 0.656. The number of nitrogens with one attached hydrogen (secondary N) is 3. The summed E-state index contributed by atoms with van der Waals surface area (Å²) < 4.78 is 6.11. The van der Waals surface area contributed by atoms with Crippen molar-refractivity contribution in [1.29, 1.82) is 0 Å². The second-order valence-corrected chi connectivity index (χ2v) is 24.1. The number of carbonyl (C=O) groups is 9. The summed E-state index contributed by atoms with van der Waals surface area (Å²) in [6.07, 6.45) is 0.274. The van der Waals surface area contributed by atoms with Crippen LogP contribution in [0.1, 0.15) is 133 Å². The van der Waals surface area contributed by atoms with Gasteiger partial charge in [0.2, 0.25) is 41.4 Å². The molecular formula is C61H94N8O11. The smallest absolute Gasteiger partial charge is 0.332 e. The van der Waals surface area contributed by atoms with E-state index in [9.17, 15) is 38.7 Å². The fourth-order valence-electron chi connectivity index (χ4n) is 11.0. The Morgan fingerprint density at radius 3 is 1.60 bits per heavy atom. The molecule has 2 aliphatic heterocycles. The van der Waals surface area contributed by atoms with Crippen LogP contribution in [0.4, 0.5) is 0 Å². The standard InChI is InChI=1S/C61H94N8O11/c1-17-39(9)48-58(76)65(13)46(33-37(5)6)53(71)62-43(32-36(3)4)56(74)68(16)51(61(11,12)79)60(78)80-50(40(10)18-2)59(77)67(15)49(38(7)8)54(72)63-44(34-41-26-21-19-22-27-41)55(73)66(14)47(35-42-28-23-20-24-29-42)57(75)69-31-25-30-45(69)52(70)64-48/h19-24,26-29,36-40,43-51,79H,17-18,25,30-35H2,1-16H3,(H,62,71)(H,63,72)(H,64,70). The molecule has 0 spiro atoms. The first-order valence-electron chi connectivity index (χ1n) is 28.8. The number of benzene rings is 2. The number of fused-ring (bicyclic) bond motifs is 1. The van der Waals surface area contributed by atoms with Crippen LogP contribution in [-0.4, -0.2) is 178 Å². The van der Waals surface area contributed by atoms with Crippen molar-refractivity contribution in [2.24, 2.45) is 29.6 Å². The number of nitrogens with zero attached hydrogens (tertiary/aromatic N) is 5. The van der Waals surface area contributed by atoms with Gasteiger partial charge in [-0.15, -0.1) is 0 Å². The van der Waals surface area contributed by atoms with Gasteiger partial charge in [0.1, 0.15) is 42.3 Å². The lowest BCUT2D eigenvalue weighted by molar-refractivity contribution is -0.177. The van der Waals surface area contributed by atoms with Gasteiger partial charge >= 0.3 is 5.97 Å². The molecule has 19 nitrogen and oxygen atoms in total. The molecule has 2 aromatic rings. The Balaban J connectivity index is 1.98. The molecule has 8 amide bonds. The number of cyclic esters (lactones) is 1. The number of hydrogen-bond donors (Lipinski definition) is 4. The molecule has 0 bridgehead atoms. The molecule has 444 valence electrons. The van der Waals surface area contributed by atoms with Crippen molar-refractivity contribution in [3.63, 3.8) is 0 Å². The van der Waals surface area contributed by atoms with Gasteiger partial charge in [-0.3, -0.25) is 38.4 Å². The maximum absolute atomic E-state index is 15.3. The van der Waals surface area contributed by atoms with Crippen molar-refractivity contribution >= 4 is 53.2 Å². The second-order valence-electron chi connectivity index (χ2n) is 24.1. The van der Waals surface area contributed by atoms with Crippen molar-refractivity contribution in [2.75, 3.05) is 34.7 Å². The normalized spacial score (nSPS) is 26.3. The van der Waals surface area contributed by atoms with Crippen LogP contribution in [0.25, 0.3) is 0 Å². The summed E-state index contributed by atoms with van der Waals surface area (Å²) in [5, 5.41) is 20.5. The number of carbonyl (C=O) groups excluding carboxylic acids is 9. The predicted molar refractivity (Wildman–Crippen MR) is 306 cm³/mol. The van der Waals surface area contributed by atoms with Crippen LogP contribution in [0.15, 0.2) is 60.7 Å². The zero-order valence-electron chi connectivity index (χ0n) is 50.5. The first kappa shape index (κ1) is 66.1. The van der Waals surface area contributed by atoms with Crippen LogP contribution in [0, 0.1) is 29.6 Å². The molecule has 0 aliphatic carbocycles. The number of likely N-dealkylation sites (N-methyl/N-ethyl adjacent to an activating group) is 4. The third-order valence-corrected chi connectivity index (χ3v) is 16.0.